The van der Waals surface area contributed by atoms with Crippen molar-refractivity contribution in [1.82, 2.24) is 8.87 Å². The second-order valence-electron chi connectivity index (χ2n) is 7.05. The molecule has 1 aromatic carbocycles. The van der Waals surface area contributed by atoms with Gasteiger partial charge >= 0.3 is 0 Å². The highest BCUT2D eigenvalue weighted by atomic mass is 32.2. The largest absolute Gasteiger partial charge is 0.377 e. The minimum atomic E-state index is -3.77. The first kappa shape index (κ1) is 19.5. The number of nitrogens with one attached hydrogen (secondary N) is 1. The summed E-state index contributed by atoms with van der Waals surface area (Å²) < 4.78 is 47.0. The van der Waals surface area contributed by atoms with E-state index in [0.29, 0.717) is 24.5 Å². The summed E-state index contributed by atoms with van der Waals surface area (Å²) in [5, 5.41) is 2.66. The van der Waals surface area contributed by atoms with Crippen molar-refractivity contribution in [1.29, 1.82) is 0 Å². The smallest absolute Gasteiger partial charge is 0.272 e. The van der Waals surface area contributed by atoms with E-state index in [0.717, 1.165) is 0 Å². The van der Waals surface area contributed by atoms with Crippen molar-refractivity contribution in [3.05, 3.63) is 47.5 Å². The molecule has 0 saturated carbocycles. The third-order valence-corrected chi connectivity index (χ3v) is 6.85. The van der Waals surface area contributed by atoms with Crippen molar-refractivity contribution in [2.24, 2.45) is 7.05 Å². The zero-order valence-electron chi connectivity index (χ0n) is 15.6. The minimum Gasteiger partial charge on any atom is -0.377 e. The molecule has 27 heavy (non-hydrogen) atoms. The van der Waals surface area contributed by atoms with Gasteiger partial charge in [-0.25, -0.2) is 12.8 Å². The number of ether oxygens (including phenoxy) is 1. The highest BCUT2D eigenvalue weighted by Crippen LogP contribution is 2.29. The molecule has 0 atom stereocenters. The normalized spacial score (nSPS) is 16.2. The molecule has 1 fully saturated rings. The quantitative estimate of drug-likeness (QED) is 0.841. The van der Waals surface area contributed by atoms with E-state index in [1.165, 1.54) is 46.4 Å². The molecule has 0 unspecified atom stereocenters. The van der Waals surface area contributed by atoms with Crippen LogP contribution in [-0.2, 0) is 21.8 Å². The lowest BCUT2D eigenvalue weighted by Gasteiger charge is -2.44. The molecule has 0 radical (unpaired) electrons. The van der Waals surface area contributed by atoms with Crippen LogP contribution in [0.1, 0.15) is 23.0 Å². The van der Waals surface area contributed by atoms with Crippen LogP contribution in [-0.4, -0.2) is 49.0 Å². The zero-order valence-corrected chi connectivity index (χ0v) is 16.4. The molecule has 2 heterocycles. The van der Waals surface area contributed by atoms with Crippen LogP contribution in [0.3, 0.4) is 0 Å². The van der Waals surface area contributed by atoms with Crippen molar-refractivity contribution in [3.63, 3.8) is 0 Å². The number of likely N-dealkylation sites (N-methyl/N-ethyl adjacent to an activating group) is 1. The summed E-state index contributed by atoms with van der Waals surface area (Å²) in [6.45, 7) is 4.06. The molecular weight excluding hydrogens is 373 g/mol. The Morgan fingerprint density at radius 2 is 2.00 bits per heavy atom. The summed E-state index contributed by atoms with van der Waals surface area (Å²) in [6, 6.07) is 5.56. The Hall–Kier alpha value is -2.23. The molecule has 9 heteroatoms. The number of amides is 1. The fourth-order valence-corrected chi connectivity index (χ4v) is 4.40. The minimum absolute atomic E-state index is 0.0288. The molecule has 3 rings (SSSR count). The Bertz CT molecular complexity index is 996. The van der Waals surface area contributed by atoms with Crippen LogP contribution >= 0.6 is 0 Å². The van der Waals surface area contributed by atoms with E-state index in [-0.39, 0.29) is 16.4 Å². The first-order valence-corrected chi connectivity index (χ1v) is 9.79. The van der Waals surface area contributed by atoms with E-state index in [2.05, 4.69) is 5.32 Å². The monoisotopic (exact) mass is 395 g/mol. The summed E-state index contributed by atoms with van der Waals surface area (Å²) >= 11 is 0. The van der Waals surface area contributed by atoms with Gasteiger partial charge < -0.3 is 14.6 Å². The lowest BCUT2D eigenvalue weighted by molar-refractivity contribution is -0.0941. The van der Waals surface area contributed by atoms with Crippen molar-refractivity contribution in [2.75, 3.05) is 25.6 Å². The Morgan fingerprint density at radius 3 is 2.56 bits per heavy atom. The van der Waals surface area contributed by atoms with Crippen molar-refractivity contribution in [2.45, 2.75) is 24.3 Å². The van der Waals surface area contributed by atoms with Gasteiger partial charge in [-0.2, -0.15) is 4.31 Å². The number of carbonyl (C=O) groups is 1. The number of rotatable bonds is 5. The van der Waals surface area contributed by atoms with Gasteiger partial charge in [0.2, 0.25) is 10.0 Å². The van der Waals surface area contributed by atoms with E-state index in [1.807, 2.05) is 6.92 Å². The van der Waals surface area contributed by atoms with Gasteiger partial charge in [-0.05, 0) is 43.7 Å². The van der Waals surface area contributed by atoms with E-state index in [9.17, 15) is 17.6 Å². The predicted octanol–water partition coefficient (Wildman–Crippen LogP) is 2.13. The number of carbonyl (C=O) groups excluding carboxylic acids is 1. The van der Waals surface area contributed by atoms with Gasteiger partial charge in [-0.3, -0.25) is 4.79 Å². The third-order valence-electron chi connectivity index (χ3n) is 4.87. The van der Waals surface area contributed by atoms with Gasteiger partial charge in [0.05, 0.1) is 18.8 Å². The Kier molecular flexibility index (Phi) is 4.87. The highest BCUT2D eigenvalue weighted by Gasteiger charge is 2.44. The average Bonchev–Trinajstić information content (AvgIpc) is 2.98. The van der Waals surface area contributed by atoms with Crippen LogP contribution in [0.4, 0.5) is 10.1 Å². The fourth-order valence-electron chi connectivity index (χ4n) is 2.85. The number of aromatic nitrogens is 1. The number of hydrogen-bond donors (Lipinski definition) is 1. The maximum absolute atomic E-state index is 13.4. The molecule has 1 aromatic heterocycles. The zero-order chi connectivity index (χ0) is 20.0. The Labute approximate surface area is 157 Å². The average molecular weight is 395 g/mol. The molecule has 2 aromatic rings. The summed E-state index contributed by atoms with van der Waals surface area (Å²) in [6.07, 6.45) is 1.40. The highest BCUT2D eigenvalue weighted by molar-refractivity contribution is 7.89. The summed E-state index contributed by atoms with van der Waals surface area (Å²) in [4.78, 5) is 12.6. The third kappa shape index (κ3) is 3.50. The van der Waals surface area contributed by atoms with Crippen LogP contribution in [0.25, 0.3) is 0 Å². The van der Waals surface area contributed by atoms with E-state index < -0.39 is 21.5 Å². The fraction of sp³-hybridized carbons (Fsp3) is 0.389. The van der Waals surface area contributed by atoms with Gasteiger partial charge in [0.25, 0.3) is 5.91 Å². The van der Waals surface area contributed by atoms with E-state index in [1.54, 1.807) is 14.0 Å². The standard InChI is InChI=1S/C18H22FN3O4S/c1-12-7-13(5-6-15(12)19)20-17(23)16-8-14(9-21(16)3)27(24,25)22(4)18(2)10-26-11-18/h5-9H,10-11H2,1-4H3,(H,20,23). The number of hydrogen-bond acceptors (Lipinski definition) is 4. The van der Waals surface area contributed by atoms with Crippen LogP contribution < -0.4 is 5.32 Å². The number of nitrogens with zero attached hydrogens (tertiary/aromatic N) is 2. The molecule has 1 saturated heterocycles. The number of sulfonamides is 1. The van der Waals surface area contributed by atoms with Crippen LogP contribution in [0, 0.1) is 12.7 Å². The van der Waals surface area contributed by atoms with Gasteiger partial charge in [0.1, 0.15) is 16.4 Å². The molecule has 7 nitrogen and oxygen atoms in total. The molecular formula is C18H22FN3O4S. The van der Waals surface area contributed by atoms with Gasteiger partial charge in [0.15, 0.2) is 0 Å². The second-order valence-corrected chi connectivity index (χ2v) is 9.02. The molecule has 0 spiro atoms. The van der Waals surface area contributed by atoms with Gasteiger partial charge in [-0.1, -0.05) is 0 Å². The van der Waals surface area contributed by atoms with Gasteiger partial charge in [0, 0.05) is 26.0 Å². The molecule has 0 bridgehead atoms. The Morgan fingerprint density at radius 1 is 1.33 bits per heavy atom. The Balaban J connectivity index is 1.85. The first-order valence-electron chi connectivity index (χ1n) is 8.35. The molecule has 1 aliphatic rings. The maximum atomic E-state index is 13.4. The van der Waals surface area contributed by atoms with Gasteiger partial charge in [-0.15, -0.1) is 0 Å². The van der Waals surface area contributed by atoms with Crippen molar-refractivity contribution in [3.8, 4) is 0 Å². The number of anilines is 1. The summed E-state index contributed by atoms with van der Waals surface area (Å²) in [5.74, 6) is -0.845. The molecule has 1 aliphatic heterocycles. The number of halogens is 1. The number of benzene rings is 1. The lowest BCUT2D eigenvalue weighted by Crippen LogP contribution is -2.60. The summed E-state index contributed by atoms with van der Waals surface area (Å²) in [7, 11) is -0.674. The number of aryl methyl sites for hydroxylation is 2. The van der Waals surface area contributed by atoms with Crippen LogP contribution in [0.5, 0.6) is 0 Å². The van der Waals surface area contributed by atoms with E-state index in [4.69, 9.17) is 4.74 Å². The SMILES string of the molecule is Cc1cc(NC(=O)c2cc(S(=O)(=O)N(C)C3(C)COC3)cn2C)ccc1F. The predicted molar refractivity (Wildman–Crippen MR) is 98.7 cm³/mol. The van der Waals surface area contributed by atoms with E-state index >= 15 is 0 Å². The maximum Gasteiger partial charge on any atom is 0.272 e. The topological polar surface area (TPSA) is 80.6 Å². The van der Waals surface area contributed by atoms with Crippen molar-refractivity contribution >= 4 is 21.6 Å². The van der Waals surface area contributed by atoms with Crippen LogP contribution in [0.2, 0.25) is 0 Å². The molecule has 1 N–H and O–H groups in total. The summed E-state index contributed by atoms with van der Waals surface area (Å²) in [5.41, 5.74) is 0.420. The second kappa shape index (κ2) is 6.74. The van der Waals surface area contributed by atoms with Crippen molar-refractivity contribution < 1.29 is 22.3 Å². The molecule has 1 amide bonds. The van der Waals surface area contributed by atoms with Crippen LogP contribution in [0.15, 0.2) is 35.4 Å². The lowest BCUT2D eigenvalue weighted by atomic mass is 10.0. The first-order chi connectivity index (χ1) is 12.5. The molecule has 0 aliphatic carbocycles. The molecule has 146 valence electrons.